The van der Waals surface area contributed by atoms with Crippen LogP contribution in [0.5, 0.6) is 0 Å². The van der Waals surface area contributed by atoms with E-state index in [9.17, 15) is 0 Å². The highest BCUT2D eigenvalue weighted by Gasteiger charge is 1.98. The average Bonchev–Trinajstić information content (AvgIpc) is 2.03. The standard InChI is InChI=1S/C9H15N3/c1-7(2)3-4-9-11-5-8(10)6-12-9/h5-7H,3-4,10H2,1-2H3. The van der Waals surface area contributed by atoms with Gasteiger partial charge in [-0.1, -0.05) is 13.8 Å². The molecule has 1 rings (SSSR count). The SMILES string of the molecule is CC(C)CCc1ncc(N)cn1. The van der Waals surface area contributed by atoms with Gasteiger partial charge in [0, 0.05) is 6.42 Å². The fraction of sp³-hybridized carbons (Fsp3) is 0.556. The number of anilines is 1. The lowest BCUT2D eigenvalue weighted by Crippen LogP contribution is -1.99. The van der Waals surface area contributed by atoms with Crippen molar-refractivity contribution in [2.75, 3.05) is 5.73 Å². The summed E-state index contributed by atoms with van der Waals surface area (Å²) in [5.74, 6) is 1.59. The van der Waals surface area contributed by atoms with E-state index in [0.717, 1.165) is 18.7 Å². The summed E-state index contributed by atoms with van der Waals surface area (Å²) in [7, 11) is 0. The maximum absolute atomic E-state index is 5.46. The van der Waals surface area contributed by atoms with Crippen LogP contribution in [0.15, 0.2) is 12.4 Å². The van der Waals surface area contributed by atoms with E-state index >= 15 is 0 Å². The van der Waals surface area contributed by atoms with Crippen molar-refractivity contribution in [1.29, 1.82) is 0 Å². The Labute approximate surface area is 73.0 Å². The molecule has 0 saturated carbocycles. The quantitative estimate of drug-likeness (QED) is 0.740. The summed E-state index contributed by atoms with van der Waals surface area (Å²) >= 11 is 0. The van der Waals surface area contributed by atoms with Crippen molar-refractivity contribution in [2.45, 2.75) is 26.7 Å². The van der Waals surface area contributed by atoms with E-state index < -0.39 is 0 Å². The number of nitrogen functional groups attached to an aromatic ring is 1. The number of aromatic nitrogens is 2. The third-order valence-electron chi connectivity index (χ3n) is 1.67. The van der Waals surface area contributed by atoms with Gasteiger partial charge in [-0.05, 0) is 12.3 Å². The molecule has 0 saturated heterocycles. The van der Waals surface area contributed by atoms with Crippen molar-refractivity contribution in [3.63, 3.8) is 0 Å². The summed E-state index contributed by atoms with van der Waals surface area (Å²) < 4.78 is 0. The van der Waals surface area contributed by atoms with Crippen molar-refractivity contribution in [1.82, 2.24) is 9.97 Å². The summed E-state index contributed by atoms with van der Waals surface area (Å²) in [5.41, 5.74) is 6.09. The van der Waals surface area contributed by atoms with E-state index in [0.29, 0.717) is 11.6 Å². The smallest absolute Gasteiger partial charge is 0.128 e. The first-order valence-electron chi connectivity index (χ1n) is 4.25. The van der Waals surface area contributed by atoms with Gasteiger partial charge >= 0.3 is 0 Å². The van der Waals surface area contributed by atoms with Crippen LogP contribution in [0, 0.1) is 5.92 Å². The van der Waals surface area contributed by atoms with Crippen LogP contribution in [-0.4, -0.2) is 9.97 Å². The Morgan fingerprint density at radius 1 is 1.33 bits per heavy atom. The normalized spacial score (nSPS) is 10.6. The van der Waals surface area contributed by atoms with E-state index in [4.69, 9.17) is 5.73 Å². The van der Waals surface area contributed by atoms with Gasteiger partial charge in [0.05, 0.1) is 18.1 Å². The first-order chi connectivity index (χ1) is 5.68. The van der Waals surface area contributed by atoms with Gasteiger partial charge in [0.2, 0.25) is 0 Å². The fourth-order valence-electron chi connectivity index (χ4n) is 0.912. The third-order valence-corrected chi connectivity index (χ3v) is 1.67. The van der Waals surface area contributed by atoms with Crippen LogP contribution in [0.3, 0.4) is 0 Å². The number of hydrogen-bond donors (Lipinski definition) is 1. The Morgan fingerprint density at radius 3 is 2.42 bits per heavy atom. The second kappa shape index (κ2) is 4.04. The van der Waals surface area contributed by atoms with Crippen LogP contribution in [-0.2, 0) is 6.42 Å². The Balaban J connectivity index is 2.48. The van der Waals surface area contributed by atoms with E-state index in [2.05, 4.69) is 23.8 Å². The zero-order valence-electron chi connectivity index (χ0n) is 7.62. The van der Waals surface area contributed by atoms with Crippen LogP contribution >= 0.6 is 0 Å². The summed E-state index contributed by atoms with van der Waals surface area (Å²) in [6.07, 6.45) is 5.38. The average molecular weight is 165 g/mol. The van der Waals surface area contributed by atoms with Gasteiger partial charge in [0.25, 0.3) is 0 Å². The number of aryl methyl sites for hydroxylation is 1. The van der Waals surface area contributed by atoms with Crippen LogP contribution in [0.25, 0.3) is 0 Å². The lowest BCUT2D eigenvalue weighted by Gasteiger charge is -2.02. The molecule has 0 radical (unpaired) electrons. The molecule has 1 heterocycles. The minimum atomic E-state index is 0.628. The van der Waals surface area contributed by atoms with Crippen molar-refractivity contribution in [3.8, 4) is 0 Å². The maximum Gasteiger partial charge on any atom is 0.128 e. The zero-order chi connectivity index (χ0) is 8.97. The molecule has 0 aliphatic rings. The lowest BCUT2D eigenvalue weighted by molar-refractivity contribution is 0.574. The van der Waals surface area contributed by atoms with Crippen LogP contribution < -0.4 is 5.73 Å². The van der Waals surface area contributed by atoms with Gasteiger partial charge in [-0.15, -0.1) is 0 Å². The van der Waals surface area contributed by atoms with Crippen molar-refractivity contribution < 1.29 is 0 Å². The van der Waals surface area contributed by atoms with E-state index in [1.165, 1.54) is 0 Å². The van der Waals surface area contributed by atoms with Crippen LogP contribution in [0.1, 0.15) is 26.1 Å². The molecule has 3 nitrogen and oxygen atoms in total. The molecule has 3 heteroatoms. The Kier molecular flexibility index (Phi) is 3.02. The molecule has 66 valence electrons. The molecule has 0 bridgehead atoms. The molecule has 0 unspecified atom stereocenters. The van der Waals surface area contributed by atoms with Gasteiger partial charge in [-0.3, -0.25) is 0 Å². The molecular weight excluding hydrogens is 150 g/mol. The summed E-state index contributed by atoms with van der Waals surface area (Å²) in [5, 5.41) is 0. The van der Waals surface area contributed by atoms with E-state index in [1.807, 2.05) is 0 Å². The predicted molar refractivity (Wildman–Crippen MR) is 49.6 cm³/mol. The number of rotatable bonds is 3. The first-order valence-corrected chi connectivity index (χ1v) is 4.25. The van der Waals surface area contributed by atoms with Crippen LogP contribution in [0.4, 0.5) is 5.69 Å². The van der Waals surface area contributed by atoms with E-state index in [-0.39, 0.29) is 0 Å². The summed E-state index contributed by atoms with van der Waals surface area (Å²) in [6.45, 7) is 4.38. The Morgan fingerprint density at radius 2 is 1.92 bits per heavy atom. The molecule has 0 fully saturated rings. The van der Waals surface area contributed by atoms with Crippen molar-refractivity contribution in [2.24, 2.45) is 5.92 Å². The Bertz CT molecular complexity index is 228. The number of hydrogen-bond acceptors (Lipinski definition) is 3. The molecule has 12 heavy (non-hydrogen) atoms. The maximum atomic E-state index is 5.46. The van der Waals surface area contributed by atoms with Gasteiger partial charge in [0.1, 0.15) is 5.82 Å². The van der Waals surface area contributed by atoms with Crippen LogP contribution in [0.2, 0.25) is 0 Å². The van der Waals surface area contributed by atoms with E-state index in [1.54, 1.807) is 12.4 Å². The fourth-order valence-corrected chi connectivity index (χ4v) is 0.912. The topological polar surface area (TPSA) is 51.8 Å². The van der Waals surface area contributed by atoms with Gasteiger partial charge in [-0.25, -0.2) is 9.97 Å². The molecular formula is C9H15N3. The predicted octanol–water partition coefficient (Wildman–Crippen LogP) is 1.65. The van der Waals surface area contributed by atoms with Gasteiger partial charge in [-0.2, -0.15) is 0 Å². The third kappa shape index (κ3) is 2.86. The minimum Gasteiger partial charge on any atom is -0.396 e. The molecule has 1 aromatic rings. The highest BCUT2D eigenvalue weighted by Crippen LogP contribution is 2.05. The van der Waals surface area contributed by atoms with Crippen molar-refractivity contribution >= 4 is 5.69 Å². The van der Waals surface area contributed by atoms with Gasteiger partial charge < -0.3 is 5.73 Å². The zero-order valence-corrected chi connectivity index (χ0v) is 7.62. The molecule has 0 amide bonds. The largest absolute Gasteiger partial charge is 0.396 e. The molecule has 0 aliphatic heterocycles. The number of nitrogens with two attached hydrogens (primary N) is 1. The first kappa shape index (κ1) is 8.97. The molecule has 0 atom stereocenters. The molecule has 0 spiro atoms. The highest BCUT2D eigenvalue weighted by atomic mass is 14.9. The Hall–Kier alpha value is -1.12. The second-order valence-electron chi connectivity index (χ2n) is 3.37. The lowest BCUT2D eigenvalue weighted by atomic mass is 10.1. The van der Waals surface area contributed by atoms with Crippen molar-refractivity contribution in [3.05, 3.63) is 18.2 Å². The summed E-state index contributed by atoms with van der Waals surface area (Å²) in [6, 6.07) is 0. The minimum absolute atomic E-state index is 0.628. The van der Waals surface area contributed by atoms with Gasteiger partial charge in [0.15, 0.2) is 0 Å². The number of nitrogens with zero attached hydrogens (tertiary/aromatic N) is 2. The molecule has 0 aromatic carbocycles. The highest BCUT2D eigenvalue weighted by molar-refractivity contribution is 5.30. The summed E-state index contributed by atoms with van der Waals surface area (Å²) in [4.78, 5) is 8.23. The second-order valence-corrected chi connectivity index (χ2v) is 3.37. The molecule has 2 N–H and O–H groups in total. The monoisotopic (exact) mass is 165 g/mol. The molecule has 0 aliphatic carbocycles. The molecule has 1 aromatic heterocycles.